The number of carbonyl (C=O) groups excluding carboxylic acids is 2. The molecule has 0 spiro atoms. The molecule has 0 radical (unpaired) electrons. The van der Waals surface area contributed by atoms with Crippen LogP contribution < -0.4 is 20.7 Å². The fraction of sp³-hybridized carbons (Fsp3) is 0.475. The summed E-state index contributed by atoms with van der Waals surface area (Å²) in [7, 11) is -2.52. The zero-order chi connectivity index (χ0) is 48.0. The summed E-state index contributed by atoms with van der Waals surface area (Å²) in [6.07, 6.45) is 4.30. The SMILES string of the molecule is C=CCN(CC=C)C(=O)C(Cl)Cl.CC(C)Oc1cc(-n2nc(C(C)(C)C)oc2=O)c(Cl)cc1Cl.CCc1cccc(CC)c1N(COC)C(=O)CCl.O=C(O)CNCP(=O)(O)O. The monoisotopic (exact) mass is 989 g/mol. The summed E-state index contributed by atoms with van der Waals surface area (Å²) in [6.45, 7) is 21.3. The molecule has 2 amide bonds. The zero-order valence-corrected chi connectivity index (χ0v) is 40.7. The molecule has 62 heavy (non-hydrogen) atoms. The van der Waals surface area contributed by atoms with Crippen molar-refractivity contribution in [1.29, 1.82) is 0 Å². The molecule has 2 aromatic carbocycles. The quantitative estimate of drug-likeness (QED) is 0.0412. The van der Waals surface area contributed by atoms with Gasteiger partial charge in [0.1, 0.15) is 18.4 Å². The van der Waals surface area contributed by atoms with Crippen LogP contribution in [0.5, 0.6) is 5.75 Å². The number of anilines is 1. The van der Waals surface area contributed by atoms with Crippen molar-refractivity contribution in [3.8, 4) is 11.4 Å². The summed E-state index contributed by atoms with van der Waals surface area (Å²) in [6, 6.07) is 9.21. The topological polar surface area (TPSA) is 214 Å². The molecular formula is C40H57Cl5N5O11P. The van der Waals surface area contributed by atoms with Gasteiger partial charge in [0.05, 0.1) is 40.4 Å². The predicted octanol–water partition coefficient (Wildman–Crippen LogP) is 7.99. The van der Waals surface area contributed by atoms with Gasteiger partial charge in [-0.25, -0.2) is 4.79 Å². The van der Waals surface area contributed by atoms with Crippen LogP contribution in [-0.4, -0.2) is 104 Å². The van der Waals surface area contributed by atoms with Crippen molar-refractivity contribution in [3.63, 3.8) is 0 Å². The Bertz CT molecular complexity index is 1980. The highest BCUT2D eigenvalue weighted by Crippen LogP contribution is 2.34. The molecule has 0 aliphatic carbocycles. The first-order valence-corrected chi connectivity index (χ1v) is 22.8. The molecular weight excluding hydrogens is 935 g/mol. The lowest BCUT2D eigenvalue weighted by atomic mass is 9.97. The molecule has 0 aliphatic rings. The van der Waals surface area contributed by atoms with E-state index < -0.39 is 37.0 Å². The first kappa shape index (κ1) is 58.6. The molecule has 1 aromatic heterocycles. The number of nitrogens with zero attached hydrogens (tertiary/aromatic N) is 4. The van der Waals surface area contributed by atoms with Gasteiger partial charge in [-0.1, -0.05) is 111 Å². The molecule has 1 heterocycles. The van der Waals surface area contributed by atoms with E-state index in [-0.39, 0.29) is 41.0 Å². The van der Waals surface area contributed by atoms with Gasteiger partial charge in [-0.05, 0) is 43.9 Å². The van der Waals surface area contributed by atoms with Crippen LogP contribution in [0.4, 0.5) is 5.69 Å². The van der Waals surface area contributed by atoms with Crippen molar-refractivity contribution in [2.24, 2.45) is 0 Å². The fourth-order valence-electron chi connectivity index (χ4n) is 4.80. The minimum Gasteiger partial charge on any atom is -0.489 e. The fourth-order valence-corrected chi connectivity index (χ4v) is 6.13. The summed E-state index contributed by atoms with van der Waals surface area (Å²) in [4.78, 5) is 63.4. The molecule has 3 rings (SSSR count). The van der Waals surface area contributed by atoms with Crippen molar-refractivity contribution in [2.75, 3.05) is 50.5 Å². The average molecular weight is 992 g/mol. The van der Waals surface area contributed by atoms with Crippen LogP contribution in [0.2, 0.25) is 10.0 Å². The van der Waals surface area contributed by atoms with Gasteiger partial charge >= 0.3 is 19.3 Å². The van der Waals surface area contributed by atoms with Crippen LogP contribution in [0.25, 0.3) is 5.69 Å². The first-order chi connectivity index (χ1) is 28.8. The summed E-state index contributed by atoms with van der Waals surface area (Å²) in [5, 5.41) is 14.9. The molecule has 0 atom stereocenters. The smallest absolute Gasteiger partial charge is 0.442 e. The standard InChI is InChI=1S/C15H18Cl2N2O3.C14H20ClNO2.C8H11Cl2NO.C3H8NO5P/c1-8(2)21-12-7-11(9(16)6-10(12)17)19-14(20)22-13(18-19)15(3,4)5;1-4-11-7-6-8-12(5-2)14(11)16(10-18-3)13(17)9-15;1-3-5-11(6-4-2)8(12)7(9)10;5-3(6)1-4-2-10(7,8)9/h6-8H,1-5H3;6-8H,4-5,9-10H2,1-3H3;3-4,7H,1-2,5-6H2;4H,1-2H2,(H,5,6)(H2,7,8,9). The second kappa shape index (κ2) is 29.1. The molecule has 16 nitrogen and oxygen atoms in total. The second-order valence-electron chi connectivity index (χ2n) is 14.0. The van der Waals surface area contributed by atoms with Crippen LogP contribution in [0.3, 0.4) is 0 Å². The molecule has 4 N–H and O–H groups in total. The number of aryl methyl sites for hydroxylation is 2. The Hall–Kier alpha value is -3.41. The van der Waals surface area contributed by atoms with Crippen LogP contribution in [-0.2, 0) is 41.9 Å². The number of carbonyl (C=O) groups is 3. The summed E-state index contributed by atoms with van der Waals surface area (Å²) in [5.74, 6) is -1.48. The van der Waals surface area contributed by atoms with E-state index in [0.717, 1.165) is 34.3 Å². The molecule has 0 unspecified atom stereocenters. The van der Waals surface area contributed by atoms with E-state index in [9.17, 15) is 23.7 Å². The van der Waals surface area contributed by atoms with E-state index in [0.29, 0.717) is 35.4 Å². The first-order valence-electron chi connectivity index (χ1n) is 18.8. The highest BCUT2D eigenvalue weighted by Gasteiger charge is 2.25. The van der Waals surface area contributed by atoms with E-state index in [2.05, 4.69) is 37.4 Å². The molecule has 0 saturated heterocycles. The molecule has 0 aliphatic heterocycles. The van der Waals surface area contributed by atoms with Crippen molar-refractivity contribution in [2.45, 2.75) is 77.7 Å². The van der Waals surface area contributed by atoms with E-state index in [1.807, 2.05) is 52.8 Å². The number of hydrogen-bond acceptors (Lipinski definition) is 10. The van der Waals surface area contributed by atoms with Crippen LogP contribution in [0.1, 0.15) is 65.5 Å². The van der Waals surface area contributed by atoms with Gasteiger partial charge in [0, 0.05) is 31.7 Å². The molecule has 0 saturated carbocycles. The number of rotatable bonds is 18. The van der Waals surface area contributed by atoms with E-state index in [1.165, 1.54) is 11.0 Å². The summed E-state index contributed by atoms with van der Waals surface area (Å²) >= 11 is 28.8. The number of methoxy groups -OCH3 is 1. The number of aliphatic carboxylic acids is 1. The number of para-hydroxylation sites is 1. The maximum atomic E-state index is 12.1. The van der Waals surface area contributed by atoms with Crippen LogP contribution >= 0.6 is 65.6 Å². The lowest BCUT2D eigenvalue weighted by Crippen LogP contribution is -2.35. The van der Waals surface area contributed by atoms with Gasteiger partial charge in [-0.15, -0.1) is 29.9 Å². The number of hydrogen-bond donors (Lipinski definition) is 4. The maximum absolute atomic E-state index is 12.1. The maximum Gasteiger partial charge on any atom is 0.442 e. The number of alkyl halides is 3. The molecule has 0 fully saturated rings. The normalized spacial score (nSPS) is 11.0. The highest BCUT2D eigenvalue weighted by atomic mass is 35.5. The van der Waals surface area contributed by atoms with Gasteiger partial charge in [0.2, 0.25) is 11.8 Å². The van der Waals surface area contributed by atoms with Crippen molar-refractivity contribution >= 4 is 89.1 Å². The molecule has 348 valence electrons. The van der Waals surface area contributed by atoms with Gasteiger partial charge < -0.3 is 33.7 Å². The minimum absolute atomic E-state index is 0.0371. The number of ether oxygens (including phenoxy) is 2. The Morgan fingerprint density at radius 3 is 1.97 bits per heavy atom. The summed E-state index contributed by atoms with van der Waals surface area (Å²) in [5.41, 5.74) is 3.22. The van der Waals surface area contributed by atoms with E-state index >= 15 is 0 Å². The largest absolute Gasteiger partial charge is 0.489 e. The highest BCUT2D eigenvalue weighted by molar-refractivity contribution is 7.51. The van der Waals surface area contributed by atoms with Gasteiger partial charge in [0.15, 0.2) is 4.84 Å². The number of carboxylic acid groups (broad SMARTS) is 1. The van der Waals surface area contributed by atoms with Crippen LogP contribution in [0.15, 0.2) is 64.9 Å². The van der Waals surface area contributed by atoms with Gasteiger partial charge in [-0.3, -0.25) is 29.2 Å². The van der Waals surface area contributed by atoms with Gasteiger partial charge in [-0.2, -0.15) is 4.68 Å². The number of nitrogens with one attached hydrogen (secondary N) is 1. The Kier molecular flexibility index (Phi) is 27.5. The van der Waals surface area contributed by atoms with Crippen molar-refractivity contribution in [3.05, 3.63) is 93.3 Å². The van der Waals surface area contributed by atoms with Gasteiger partial charge in [0.25, 0.3) is 5.91 Å². The third-order valence-electron chi connectivity index (χ3n) is 7.48. The predicted molar refractivity (Wildman–Crippen MR) is 247 cm³/mol. The Balaban J connectivity index is 0.000000840. The van der Waals surface area contributed by atoms with Crippen LogP contribution in [0, 0.1) is 0 Å². The minimum atomic E-state index is -4.10. The third-order valence-corrected chi connectivity index (χ3v) is 9.32. The lowest BCUT2D eigenvalue weighted by Gasteiger charge is -2.26. The summed E-state index contributed by atoms with van der Waals surface area (Å²) < 4.78 is 27.1. The average Bonchev–Trinajstić information content (AvgIpc) is 3.58. The Morgan fingerprint density at radius 2 is 1.58 bits per heavy atom. The number of benzene rings is 2. The Morgan fingerprint density at radius 1 is 1.03 bits per heavy atom. The number of amides is 2. The third kappa shape index (κ3) is 21.3. The van der Waals surface area contributed by atoms with E-state index in [4.69, 9.17) is 86.8 Å². The zero-order valence-electron chi connectivity index (χ0n) is 36.0. The molecule has 0 bridgehead atoms. The van der Waals surface area contributed by atoms with Crippen molar-refractivity contribution < 1.29 is 47.7 Å². The number of halogens is 5. The Labute approximate surface area is 387 Å². The second-order valence-corrected chi connectivity index (χ2v) is 17.8. The number of aromatic nitrogens is 2. The number of carboxylic acids is 1. The van der Waals surface area contributed by atoms with Crippen molar-refractivity contribution in [1.82, 2.24) is 20.0 Å². The lowest BCUT2D eigenvalue weighted by molar-refractivity contribution is -0.136. The molecule has 3 aromatic rings. The molecule has 22 heteroatoms. The van der Waals surface area contributed by atoms with E-state index in [1.54, 1.807) is 30.2 Å².